The van der Waals surface area contributed by atoms with Crippen LogP contribution >= 0.6 is 0 Å². The minimum absolute atomic E-state index is 0.0250. The van der Waals surface area contributed by atoms with E-state index in [2.05, 4.69) is 30.7 Å². The summed E-state index contributed by atoms with van der Waals surface area (Å²) in [6.45, 7) is 2.02. The fraction of sp³-hybridized carbons (Fsp3) is 0.0476. The van der Waals surface area contributed by atoms with E-state index in [9.17, 15) is 10.1 Å². The maximum atomic E-state index is 10.8. The number of aryl methyl sites for hydroxylation is 1. The molecule has 3 heterocycles. The van der Waals surface area contributed by atoms with Crippen molar-refractivity contribution in [1.29, 1.82) is 0 Å². The number of nitrogens with zero attached hydrogens (tertiary/aromatic N) is 5. The Labute approximate surface area is 174 Å². The molecule has 0 bridgehead atoms. The van der Waals surface area contributed by atoms with Crippen LogP contribution in [0.4, 0.5) is 11.6 Å². The fourth-order valence-corrected chi connectivity index (χ4v) is 3.27. The van der Waals surface area contributed by atoms with Crippen LogP contribution in [0.5, 0.6) is 0 Å². The molecule has 0 amide bonds. The molecule has 0 aliphatic carbocycles. The first-order chi connectivity index (χ1) is 15.1. The molecule has 0 radical (unpaired) electrons. The zero-order valence-electron chi connectivity index (χ0n) is 16.2. The minimum Gasteiger partial charge on any atom is -0.455 e. The van der Waals surface area contributed by atoms with E-state index < -0.39 is 4.92 Å². The van der Waals surface area contributed by atoms with Crippen molar-refractivity contribution in [2.45, 2.75) is 6.92 Å². The van der Waals surface area contributed by atoms with E-state index in [1.54, 1.807) is 24.3 Å². The van der Waals surface area contributed by atoms with Crippen molar-refractivity contribution >= 4 is 39.9 Å². The van der Waals surface area contributed by atoms with Gasteiger partial charge in [0.05, 0.1) is 16.7 Å². The van der Waals surface area contributed by atoms with Gasteiger partial charge in [-0.1, -0.05) is 18.2 Å². The first-order valence-electron chi connectivity index (χ1n) is 9.34. The smallest absolute Gasteiger partial charge is 0.269 e. The number of benzene rings is 2. The second kappa shape index (κ2) is 7.34. The Morgan fingerprint density at radius 1 is 1.13 bits per heavy atom. The number of aromatic nitrogens is 4. The number of non-ortho nitro benzene ring substituents is 1. The molecule has 0 spiro atoms. The molecule has 2 aromatic carbocycles. The summed E-state index contributed by atoms with van der Waals surface area (Å²) in [5.41, 5.74) is 6.90. The average molecular weight is 413 g/mol. The zero-order chi connectivity index (χ0) is 21.4. The minimum atomic E-state index is -0.444. The maximum Gasteiger partial charge on any atom is 0.269 e. The zero-order valence-corrected chi connectivity index (χ0v) is 16.2. The molecular weight excluding hydrogens is 398 g/mol. The Kier molecular flexibility index (Phi) is 4.36. The quantitative estimate of drug-likeness (QED) is 0.247. The summed E-state index contributed by atoms with van der Waals surface area (Å²) in [4.78, 5) is 18.0. The third kappa shape index (κ3) is 3.46. The molecule has 0 fully saturated rings. The molecule has 0 aliphatic heterocycles. The van der Waals surface area contributed by atoms with E-state index in [1.807, 2.05) is 25.1 Å². The Balaban J connectivity index is 1.32. The van der Waals surface area contributed by atoms with Crippen LogP contribution in [0.1, 0.15) is 11.3 Å². The van der Waals surface area contributed by atoms with Crippen LogP contribution in [0.25, 0.3) is 33.4 Å². The molecule has 31 heavy (non-hydrogen) atoms. The largest absolute Gasteiger partial charge is 0.455 e. The van der Waals surface area contributed by atoms with Gasteiger partial charge in [-0.05, 0) is 36.8 Å². The molecule has 10 heteroatoms. The SMILES string of the molecule is Cc1cccc2c1[nH]c1nc(N/N=C\c3ccc(-c4ccc([N+](=O)[O-])cc4)o3)nnc12. The highest BCUT2D eigenvalue weighted by molar-refractivity contribution is 6.04. The number of furan rings is 1. The molecule has 3 aromatic heterocycles. The summed E-state index contributed by atoms with van der Waals surface area (Å²) in [5.74, 6) is 1.32. The van der Waals surface area contributed by atoms with Gasteiger partial charge in [0.2, 0.25) is 0 Å². The van der Waals surface area contributed by atoms with Crippen LogP contribution in [0.3, 0.4) is 0 Å². The highest BCUT2D eigenvalue weighted by atomic mass is 16.6. The summed E-state index contributed by atoms with van der Waals surface area (Å²) in [6, 6.07) is 15.6. The number of nitrogens with one attached hydrogen (secondary N) is 2. The van der Waals surface area contributed by atoms with Gasteiger partial charge in [0.1, 0.15) is 17.0 Å². The summed E-state index contributed by atoms with van der Waals surface area (Å²) in [5, 5.41) is 24.2. The predicted octanol–water partition coefficient (Wildman–Crippen LogP) is 4.43. The molecule has 0 saturated heterocycles. The molecule has 0 unspecified atom stereocenters. The van der Waals surface area contributed by atoms with E-state index in [0.717, 1.165) is 22.0 Å². The molecule has 152 valence electrons. The first-order valence-corrected chi connectivity index (χ1v) is 9.34. The van der Waals surface area contributed by atoms with E-state index in [1.165, 1.54) is 18.3 Å². The molecule has 5 aromatic rings. The molecule has 0 aliphatic rings. The molecule has 2 N–H and O–H groups in total. The summed E-state index contributed by atoms with van der Waals surface area (Å²) in [6.07, 6.45) is 1.48. The molecule has 0 saturated carbocycles. The molecule has 0 atom stereocenters. The van der Waals surface area contributed by atoms with Crippen LogP contribution in [0.15, 0.2) is 64.1 Å². The molecule has 5 rings (SSSR count). The van der Waals surface area contributed by atoms with Gasteiger partial charge in [0.25, 0.3) is 11.6 Å². The van der Waals surface area contributed by atoms with Gasteiger partial charge in [-0.2, -0.15) is 10.1 Å². The number of hydrogen-bond donors (Lipinski definition) is 2. The normalized spacial score (nSPS) is 11.5. The Hall–Kier alpha value is -4.60. The van der Waals surface area contributed by atoms with Gasteiger partial charge in [-0.3, -0.25) is 10.1 Å². The van der Waals surface area contributed by atoms with E-state index >= 15 is 0 Å². The van der Waals surface area contributed by atoms with Gasteiger partial charge < -0.3 is 9.40 Å². The van der Waals surface area contributed by atoms with Gasteiger partial charge in [-0.15, -0.1) is 10.2 Å². The molecule has 10 nitrogen and oxygen atoms in total. The standard InChI is InChI=1S/C21H15N7O3/c1-12-3-2-4-16-18(12)23-20-19(16)25-27-21(24-20)26-22-11-15-9-10-17(31-15)13-5-7-14(8-6-13)28(29)30/h2-11H,1H3,(H2,23,24,26,27)/b22-11-. The second-order valence-electron chi connectivity index (χ2n) is 6.83. The van der Waals surface area contributed by atoms with Crippen LogP contribution in [-0.2, 0) is 0 Å². The number of nitro groups is 1. The third-order valence-electron chi connectivity index (χ3n) is 4.80. The Bertz CT molecular complexity index is 1450. The summed E-state index contributed by atoms with van der Waals surface area (Å²) < 4.78 is 5.71. The predicted molar refractivity (Wildman–Crippen MR) is 116 cm³/mol. The lowest BCUT2D eigenvalue weighted by Crippen LogP contribution is -1.98. The number of fused-ring (bicyclic) bond motifs is 3. The van der Waals surface area contributed by atoms with Gasteiger partial charge >= 0.3 is 0 Å². The highest BCUT2D eigenvalue weighted by Gasteiger charge is 2.10. The number of anilines is 1. The fourth-order valence-electron chi connectivity index (χ4n) is 3.27. The highest BCUT2D eigenvalue weighted by Crippen LogP contribution is 2.25. The lowest BCUT2D eigenvalue weighted by Gasteiger charge is -1.97. The van der Waals surface area contributed by atoms with Crippen molar-refractivity contribution in [2.75, 3.05) is 5.43 Å². The van der Waals surface area contributed by atoms with E-state index in [4.69, 9.17) is 4.42 Å². The Morgan fingerprint density at radius 2 is 1.97 bits per heavy atom. The van der Waals surface area contributed by atoms with Crippen LogP contribution in [-0.4, -0.2) is 31.3 Å². The van der Waals surface area contributed by atoms with E-state index in [0.29, 0.717) is 22.7 Å². The maximum absolute atomic E-state index is 10.8. The number of nitro benzene ring substituents is 1. The van der Waals surface area contributed by atoms with Crippen molar-refractivity contribution < 1.29 is 9.34 Å². The third-order valence-corrected chi connectivity index (χ3v) is 4.80. The average Bonchev–Trinajstić information content (AvgIpc) is 3.39. The Morgan fingerprint density at radius 3 is 2.77 bits per heavy atom. The monoisotopic (exact) mass is 413 g/mol. The molecular formula is C21H15N7O3. The van der Waals surface area contributed by atoms with Crippen molar-refractivity contribution in [3.05, 3.63) is 76.0 Å². The van der Waals surface area contributed by atoms with Crippen molar-refractivity contribution in [3.63, 3.8) is 0 Å². The van der Waals surface area contributed by atoms with Gasteiger partial charge in [0.15, 0.2) is 5.65 Å². The van der Waals surface area contributed by atoms with E-state index in [-0.39, 0.29) is 11.6 Å². The number of aromatic amines is 1. The number of H-pyrrole nitrogens is 1. The van der Waals surface area contributed by atoms with Gasteiger partial charge in [0, 0.05) is 23.1 Å². The van der Waals surface area contributed by atoms with Crippen LogP contribution in [0.2, 0.25) is 0 Å². The van der Waals surface area contributed by atoms with Crippen LogP contribution < -0.4 is 5.43 Å². The number of para-hydroxylation sites is 1. The topological polar surface area (TPSA) is 135 Å². The lowest BCUT2D eigenvalue weighted by atomic mass is 10.1. The lowest BCUT2D eigenvalue weighted by molar-refractivity contribution is -0.384. The summed E-state index contributed by atoms with van der Waals surface area (Å²) in [7, 11) is 0. The van der Waals surface area contributed by atoms with Crippen molar-refractivity contribution in [2.24, 2.45) is 5.10 Å². The second-order valence-corrected chi connectivity index (χ2v) is 6.83. The van der Waals surface area contributed by atoms with Gasteiger partial charge in [-0.25, -0.2) is 5.43 Å². The number of hydrogen-bond acceptors (Lipinski definition) is 8. The van der Waals surface area contributed by atoms with Crippen molar-refractivity contribution in [1.82, 2.24) is 20.2 Å². The number of hydrazone groups is 1. The number of rotatable bonds is 5. The van der Waals surface area contributed by atoms with Crippen LogP contribution in [0, 0.1) is 17.0 Å². The first kappa shape index (κ1) is 18.4. The van der Waals surface area contributed by atoms with Crippen molar-refractivity contribution in [3.8, 4) is 11.3 Å². The summed E-state index contributed by atoms with van der Waals surface area (Å²) >= 11 is 0.